The Morgan fingerprint density at radius 1 is 1.00 bits per heavy atom. The Morgan fingerprint density at radius 3 is 2.59 bits per heavy atom. The van der Waals surface area contributed by atoms with E-state index in [9.17, 15) is 9.59 Å². The topological polar surface area (TPSA) is 70.7 Å². The molecule has 2 aromatic carbocycles. The molecule has 0 bridgehead atoms. The van der Waals surface area contributed by atoms with Gasteiger partial charge < -0.3 is 15.4 Å². The second-order valence-corrected chi connectivity index (χ2v) is 9.56. The first-order chi connectivity index (χ1) is 16.6. The number of likely N-dealkylation sites (tertiary alicyclic amines) is 1. The maximum atomic E-state index is 13.2. The van der Waals surface area contributed by atoms with Gasteiger partial charge in [-0.15, -0.1) is 0 Å². The van der Waals surface area contributed by atoms with E-state index in [4.69, 9.17) is 4.74 Å². The SMILES string of the molecule is O=C(CN1CCC2(CCCCc3ccccc3OCCNC2=O)CC1)NCCc1ccccc1. The van der Waals surface area contributed by atoms with Crippen molar-refractivity contribution in [2.24, 2.45) is 5.41 Å². The minimum absolute atomic E-state index is 0.0610. The lowest BCUT2D eigenvalue weighted by molar-refractivity contribution is -0.135. The van der Waals surface area contributed by atoms with Gasteiger partial charge in [0.05, 0.1) is 18.5 Å². The van der Waals surface area contributed by atoms with Gasteiger partial charge in [-0.3, -0.25) is 14.5 Å². The summed E-state index contributed by atoms with van der Waals surface area (Å²) in [6.07, 6.45) is 6.37. The normalized spacial score (nSPS) is 19.1. The summed E-state index contributed by atoms with van der Waals surface area (Å²) in [7, 11) is 0. The monoisotopic (exact) mass is 463 g/mol. The highest BCUT2D eigenvalue weighted by molar-refractivity contribution is 5.83. The summed E-state index contributed by atoms with van der Waals surface area (Å²) in [5.41, 5.74) is 2.14. The molecule has 2 aliphatic heterocycles. The number of nitrogens with one attached hydrogen (secondary N) is 2. The number of fused-ring (bicyclic) bond motifs is 1. The number of hydrogen-bond acceptors (Lipinski definition) is 4. The lowest BCUT2D eigenvalue weighted by Crippen LogP contribution is -2.51. The minimum Gasteiger partial charge on any atom is -0.491 e. The minimum atomic E-state index is -0.334. The summed E-state index contributed by atoms with van der Waals surface area (Å²) in [6.45, 7) is 3.60. The number of ether oxygens (including phenoxy) is 1. The number of aryl methyl sites for hydroxylation is 1. The average Bonchev–Trinajstić information content (AvgIpc) is 2.86. The van der Waals surface area contributed by atoms with Crippen LogP contribution in [-0.2, 0) is 22.4 Å². The van der Waals surface area contributed by atoms with E-state index in [2.05, 4.69) is 39.8 Å². The number of carbonyl (C=O) groups is 2. The van der Waals surface area contributed by atoms with Gasteiger partial charge in [0.1, 0.15) is 12.4 Å². The maximum Gasteiger partial charge on any atom is 0.234 e. The number of carbonyl (C=O) groups excluding carboxylic acids is 2. The van der Waals surface area contributed by atoms with Crippen LogP contribution < -0.4 is 15.4 Å². The van der Waals surface area contributed by atoms with Crippen LogP contribution in [0.25, 0.3) is 0 Å². The first-order valence-electron chi connectivity index (χ1n) is 12.7. The third-order valence-corrected chi connectivity index (χ3v) is 7.21. The summed E-state index contributed by atoms with van der Waals surface area (Å²) in [5, 5.41) is 6.17. The molecule has 1 fully saturated rings. The molecule has 6 nitrogen and oxygen atoms in total. The lowest BCUT2D eigenvalue weighted by atomic mass is 9.73. The first-order valence-corrected chi connectivity index (χ1v) is 12.7. The van der Waals surface area contributed by atoms with E-state index in [1.807, 2.05) is 30.3 Å². The number of para-hydroxylation sites is 1. The molecule has 0 unspecified atom stereocenters. The molecule has 2 aromatic rings. The van der Waals surface area contributed by atoms with Gasteiger partial charge >= 0.3 is 0 Å². The van der Waals surface area contributed by atoms with E-state index in [-0.39, 0.29) is 17.2 Å². The van der Waals surface area contributed by atoms with Crippen molar-refractivity contribution in [3.05, 3.63) is 65.7 Å². The molecule has 0 saturated carbocycles. The lowest BCUT2D eigenvalue weighted by Gasteiger charge is -2.40. The number of amides is 2. The Bertz CT molecular complexity index is 939. The largest absolute Gasteiger partial charge is 0.491 e. The molecule has 0 aliphatic carbocycles. The predicted molar refractivity (Wildman–Crippen MR) is 134 cm³/mol. The van der Waals surface area contributed by atoms with Crippen LogP contribution in [0.3, 0.4) is 0 Å². The van der Waals surface area contributed by atoms with E-state index in [0.29, 0.717) is 26.2 Å². The number of piperidine rings is 1. The van der Waals surface area contributed by atoms with Crippen molar-refractivity contribution in [1.82, 2.24) is 15.5 Å². The third-order valence-electron chi connectivity index (χ3n) is 7.21. The van der Waals surface area contributed by atoms with Gasteiger partial charge in [0, 0.05) is 6.54 Å². The Hall–Kier alpha value is -2.86. The predicted octanol–water partition coefficient (Wildman–Crippen LogP) is 3.35. The fourth-order valence-electron chi connectivity index (χ4n) is 5.12. The molecule has 182 valence electrons. The van der Waals surface area contributed by atoms with Crippen molar-refractivity contribution < 1.29 is 14.3 Å². The van der Waals surface area contributed by atoms with Gasteiger partial charge in [0.25, 0.3) is 0 Å². The van der Waals surface area contributed by atoms with E-state index in [0.717, 1.165) is 63.8 Å². The average molecular weight is 464 g/mol. The highest BCUT2D eigenvalue weighted by Gasteiger charge is 2.40. The van der Waals surface area contributed by atoms with Crippen LogP contribution in [-0.4, -0.2) is 56.0 Å². The highest BCUT2D eigenvalue weighted by Crippen LogP contribution is 2.37. The van der Waals surface area contributed by atoms with Crippen LogP contribution in [0.5, 0.6) is 5.75 Å². The van der Waals surface area contributed by atoms with E-state index >= 15 is 0 Å². The fourth-order valence-corrected chi connectivity index (χ4v) is 5.12. The molecular weight excluding hydrogens is 426 g/mol. The van der Waals surface area contributed by atoms with Crippen LogP contribution in [0, 0.1) is 5.41 Å². The Labute approximate surface area is 203 Å². The van der Waals surface area contributed by atoms with Gasteiger partial charge in [-0.25, -0.2) is 0 Å². The molecular formula is C28H37N3O3. The van der Waals surface area contributed by atoms with Crippen LogP contribution in [0.1, 0.15) is 43.2 Å². The quantitative estimate of drug-likeness (QED) is 0.714. The van der Waals surface area contributed by atoms with Crippen molar-refractivity contribution >= 4 is 11.8 Å². The number of benzene rings is 2. The molecule has 1 saturated heterocycles. The maximum absolute atomic E-state index is 13.2. The second-order valence-electron chi connectivity index (χ2n) is 9.56. The molecule has 6 heteroatoms. The Kier molecular flexibility index (Phi) is 8.58. The Morgan fingerprint density at radius 2 is 1.76 bits per heavy atom. The number of hydrogen-bond donors (Lipinski definition) is 2. The van der Waals surface area contributed by atoms with Crippen LogP contribution in [0.4, 0.5) is 0 Å². The van der Waals surface area contributed by atoms with E-state index in [1.165, 1.54) is 11.1 Å². The standard InChI is InChI=1S/C28H37N3O3/c32-26(29-17-13-23-8-2-1-3-9-23)22-31-19-15-28(16-20-31)14-7-6-11-24-10-4-5-12-25(24)34-21-18-30-27(28)33/h1-5,8-10,12H,6-7,11,13-22H2,(H,29,32)(H,30,33). The first kappa shape index (κ1) is 24.3. The van der Waals surface area contributed by atoms with E-state index in [1.54, 1.807) is 0 Å². The van der Waals surface area contributed by atoms with Gasteiger partial charge in [-0.05, 0) is 68.8 Å². The summed E-state index contributed by atoms with van der Waals surface area (Å²) >= 11 is 0. The van der Waals surface area contributed by atoms with Gasteiger partial charge in [-0.2, -0.15) is 0 Å². The van der Waals surface area contributed by atoms with Crippen molar-refractivity contribution in [3.63, 3.8) is 0 Å². The van der Waals surface area contributed by atoms with Gasteiger partial charge in [-0.1, -0.05) is 55.0 Å². The molecule has 0 atom stereocenters. The summed E-state index contributed by atoms with van der Waals surface area (Å²) in [4.78, 5) is 27.8. The molecule has 4 rings (SSSR count). The van der Waals surface area contributed by atoms with Crippen molar-refractivity contribution in [1.29, 1.82) is 0 Å². The fraction of sp³-hybridized carbons (Fsp3) is 0.500. The van der Waals surface area contributed by atoms with Crippen LogP contribution >= 0.6 is 0 Å². The number of nitrogens with zero attached hydrogens (tertiary/aromatic N) is 1. The summed E-state index contributed by atoms with van der Waals surface area (Å²) in [5.74, 6) is 1.14. The molecule has 34 heavy (non-hydrogen) atoms. The van der Waals surface area contributed by atoms with Crippen molar-refractivity contribution in [3.8, 4) is 5.75 Å². The smallest absolute Gasteiger partial charge is 0.234 e. The van der Waals surface area contributed by atoms with Crippen molar-refractivity contribution in [2.75, 3.05) is 39.3 Å². The van der Waals surface area contributed by atoms with E-state index < -0.39 is 0 Å². The number of rotatable bonds is 5. The summed E-state index contributed by atoms with van der Waals surface area (Å²) in [6, 6.07) is 18.4. The zero-order valence-electron chi connectivity index (χ0n) is 20.1. The zero-order valence-corrected chi connectivity index (χ0v) is 20.1. The molecule has 0 radical (unpaired) electrons. The zero-order chi connectivity index (χ0) is 23.6. The van der Waals surface area contributed by atoms with Gasteiger partial charge in [0.15, 0.2) is 0 Å². The van der Waals surface area contributed by atoms with Crippen LogP contribution in [0.15, 0.2) is 54.6 Å². The Balaban J connectivity index is 1.25. The summed E-state index contributed by atoms with van der Waals surface area (Å²) < 4.78 is 5.94. The molecule has 2 aliphatic rings. The van der Waals surface area contributed by atoms with Gasteiger partial charge in [0.2, 0.25) is 11.8 Å². The molecule has 0 aromatic heterocycles. The van der Waals surface area contributed by atoms with Crippen molar-refractivity contribution in [2.45, 2.75) is 44.9 Å². The second kappa shape index (κ2) is 12.0. The molecule has 2 heterocycles. The molecule has 2 N–H and O–H groups in total. The molecule has 2 amide bonds. The highest BCUT2D eigenvalue weighted by atomic mass is 16.5. The third kappa shape index (κ3) is 6.60. The van der Waals surface area contributed by atoms with Crippen LogP contribution in [0.2, 0.25) is 0 Å². The molecule has 1 spiro atoms.